The summed E-state index contributed by atoms with van der Waals surface area (Å²) in [5.74, 6) is 7.14. The van der Waals surface area contributed by atoms with Gasteiger partial charge in [-0.05, 0) is 182 Å². The molecule has 15 rings (SSSR count). The number of amides is 1. The Morgan fingerprint density at radius 3 is 1.20 bits per heavy atom. The number of carboxylic acid groups (broad SMARTS) is 1. The van der Waals surface area contributed by atoms with E-state index in [1.54, 1.807) is 49.4 Å². The number of phenolic OH excluding ortho intramolecular Hbond substituents is 1. The fraction of sp³-hybridized carbons (Fsp3) is 0.267. The molecule has 0 radical (unpaired) electrons. The molecule has 1 fully saturated rings. The Bertz CT molecular complexity index is 5730. The normalized spacial score (nSPS) is 12.4. The third kappa shape index (κ3) is 26.2. The van der Waals surface area contributed by atoms with E-state index < -0.39 is 5.97 Å². The fourth-order valence-electron chi connectivity index (χ4n) is 13.8. The third-order valence-corrected chi connectivity index (χ3v) is 22.7. The summed E-state index contributed by atoms with van der Waals surface area (Å²) in [5.41, 5.74) is 22.0. The molecule has 1 amide bonds. The standard InChI is InChI=1S/C26H32N2O2.C24H29BN2O2.C18H17BrN2.C18H18N2O.C11H11NO.C8H8O2/c1-19-11-13-23(14-12-19)26-27-17-21(3)28(26)18-24-9-5-6-10-25(24)30-15-7-8-20(2)16-22(4)29;1-17-11-13-19(14-12-17)22-26-15-18(2)27(22)16-20-9-7-8-10-21(20)25-28-23(3,4)24(5,6)29-25;1-13-7-9-15(10-8-13)18-20-11-14(2)21(18)12-16-5-3-4-6-17(16)19;1-13-7-9-15(10-8-13)18-19-11-14(2)20(18)12-16-5-3-4-6-17(16)21;1-3-8-12-11(13)10-6-4-9(2)5-7-10;1-6-2-4-7(5-3-6)8(9)10/h5-6,9-14,17,20H,7-8,15-16,18H2,1-4H3;7-15H,16H2,1-6H3;3-11H,12H2,1-2H3;3-11,21H,12H2,1-2H3;1,4-7H,8H2,2H3,(H,12,13);2-5H,1H3,(H,9,10)/t20-;;;;;/m1...../s1. The van der Waals surface area contributed by atoms with Crippen LogP contribution in [0.1, 0.15) is 160 Å². The van der Waals surface area contributed by atoms with Gasteiger partial charge in [0, 0.05) is 104 Å². The van der Waals surface area contributed by atoms with E-state index >= 15 is 0 Å². The third-order valence-electron chi connectivity index (χ3n) is 22.0. The molecule has 0 bridgehead atoms. The molecule has 10 aromatic carbocycles. The first kappa shape index (κ1) is 93.5. The molecule has 3 N–H and O–H groups in total. The Morgan fingerprint density at radius 2 is 0.806 bits per heavy atom. The number of carbonyl (C=O) groups is 3. The van der Waals surface area contributed by atoms with Gasteiger partial charge in [-0.1, -0.05) is 262 Å². The van der Waals surface area contributed by atoms with Gasteiger partial charge < -0.3 is 52.6 Å². The zero-order chi connectivity index (χ0) is 89.2. The number of hydrogen-bond donors (Lipinski definition) is 3. The van der Waals surface area contributed by atoms with Crippen molar-refractivity contribution >= 4 is 46.2 Å². The van der Waals surface area contributed by atoms with Gasteiger partial charge in [-0.3, -0.25) is 4.79 Å². The lowest BCUT2D eigenvalue weighted by atomic mass is 9.76. The topological polar surface area (TPSA) is 203 Å². The van der Waals surface area contributed by atoms with Crippen LogP contribution in [0.5, 0.6) is 11.5 Å². The van der Waals surface area contributed by atoms with Crippen molar-refractivity contribution in [2.75, 3.05) is 13.2 Å². The maximum Gasteiger partial charge on any atom is 0.495 e. The minimum absolute atomic E-state index is 0.127. The lowest BCUT2D eigenvalue weighted by molar-refractivity contribution is -0.117. The van der Waals surface area contributed by atoms with E-state index in [1.807, 2.05) is 100 Å². The predicted octanol–water partition coefficient (Wildman–Crippen LogP) is 22.5. The molecule has 1 saturated heterocycles. The molecule has 19 heteroatoms. The highest BCUT2D eigenvalue weighted by Crippen LogP contribution is 2.38. The van der Waals surface area contributed by atoms with Crippen LogP contribution < -0.4 is 15.5 Å². The Hall–Kier alpha value is -12.7. The lowest BCUT2D eigenvalue weighted by Gasteiger charge is -2.32. The van der Waals surface area contributed by atoms with Crippen LogP contribution in [0.4, 0.5) is 0 Å². The lowest BCUT2D eigenvalue weighted by Crippen LogP contribution is -2.41. The quantitative estimate of drug-likeness (QED) is 0.0311. The summed E-state index contributed by atoms with van der Waals surface area (Å²) >= 11 is 3.62. The number of benzene rings is 10. The number of carboxylic acids is 1. The molecule has 0 aliphatic carbocycles. The van der Waals surface area contributed by atoms with Crippen molar-refractivity contribution in [2.24, 2.45) is 5.92 Å². The first-order chi connectivity index (χ1) is 59.3. The number of ether oxygens (including phenoxy) is 1. The minimum Gasteiger partial charge on any atom is -0.508 e. The number of rotatable bonds is 23. The Balaban J connectivity index is 0.000000161. The first-order valence-electron chi connectivity index (χ1n) is 41.9. The van der Waals surface area contributed by atoms with Gasteiger partial charge in [0.1, 0.15) is 40.6 Å². The number of aromatic nitrogens is 8. The van der Waals surface area contributed by atoms with Crippen LogP contribution in [0.15, 0.2) is 272 Å². The van der Waals surface area contributed by atoms with Gasteiger partial charge >= 0.3 is 13.1 Å². The maximum atomic E-state index is 11.3. The van der Waals surface area contributed by atoms with Crippen molar-refractivity contribution in [2.45, 2.75) is 167 Å². The number of nitrogens with zero attached hydrogens (tertiary/aromatic N) is 8. The molecule has 124 heavy (non-hydrogen) atoms. The van der Waals surface area contributed by atoms with E-state index in [4.69, 9.17) is 25.6 Å². The van der Waals surface area contributed by atoms with Gasteiger partial charge in [-0.2, -0.15) is 0 Å². The highest BCUT2D eigenvalue weighted by Gasteiger charge is 2.52. The SMILES string of the molecule is C#CCNC(=O)c1ccc(C)cc1.CC(=O)C[C@H](C)CCCOc1ccccc1Cn1c(C)cnc1-c1ccc(C)cc1.Cc1ccc(-c2ncc(C)n2Cc2ccccc2B2OC(C)(C)C(C)(C)O2)cc1.Cc1ccc(-c2ncc(C)n2Cc2ccccc2Br)cc1.Cc1ccc(-c2ncc(C)n2Cc2ccccc2O)cc1.Cc1ccc(C(=O)O)cc1. The van der Waals surface area contributed by atoms with Crippen molar-refractivity contribution in [1.82, 2.24) is 43.5 Å². The number of nitrogens with one attached hydrogen (secondary N) is 1. The van der Waals surface area contributed by atoms with Crippen molar-refractivity contribution in [3.05, 3.63) is 361 Å². The molecule has 0 spiro atoms. The molecular weight excluding hydrogens is 1610 g/mol. The molecule has 0 saturated carbocycles. The minimum atomic E-state index is -0.875. The smallest absolute Gasteiger partial charge is 0.495 e. The van der Waals surface area contributed by atoms with Crippen LogP contribution in [0.25, 0.3) is 45.6 Å². The second-order valence-corrected chi connectivity index (χ2v) is 33.6. The average molecular weight is 1720 g/mol. The molecule has 5 heterocycles. The summed E-state index contributed by atoms with van der Waals surface area (Å²) in [6.07, 6.45) is 15.3. The molecular formula is C105H115BBrN9O8. The number of carbonyl (C=O) groups excluding carboxylic acids is 2. The molecule has 14 aromatic rings. The van der Waals surface area contributed by atoms with E-state index in [0.717, 1.165) is 127 Å². The number of aryl methyl sites for hydroxylation is 10. The van der Waals surface area contributed by atoms with Crippen LogP contribution in [-0.2, 0) is 40.3 Å². The largest absolute Gasteiger partial charge is 0.508 e. The van der Waals surface area contributed by atoms with E-state index in [9.17, 15) is 19.5 Å². The molecule has 0 unspecified atom stereocenters. The van der Waals surface area contributed by atoms with Crippen molar-refractivity contribution < 1.29 is 38.6 Å². The van der Waals surface area contributed by atoms with Crippen molar-refractivity contribution in [3.63, 3.8) is 0 Å². The number of imidazole rings is 4. The van der Waals surface area contributed by atoms with E-state index in [2.05, 4.69) is 294 Å². The average Bonchev–Trinajstić information content (AvgIpc) is 1.61. The number of aromatic hydroxyl groups is 1. The number of halogens is 1. The Kier molecular flexibility index (Phi) is 33.5. The van der Waals surface area contributed by atoms with Crippen molar-refractivity contribution in [1.29, 1.82) is 0 Å². The Morgan fingerprint density at radius 1 is 0.468 bits per heavy atom. The summed E-state index contributed by atoms with van der Waals surface area (Å²) in [6, 6.07) is 80.3. The Labute approximate surface area is 741 Å². The zero-order valence-corrected chi connectivity index (χ0v) is 75.9. The van der Waals surface area contributed by atoms with Crippen LogP contribution in [-0.4, -0.2) is 97.5 Å². The number of terminal acetylenes is 1. The summed E-state index contributed by atoms with van der Waals surface area (Å²) in [6.45, 7) is 36.5. The predicted molar refractivity (Wildman–Crippen MR) is 505 cm³/mol. The number of ketones is 1. The van der Waals surface area contributed by atoms with Gasteiger partial charge in [0.15, 0.2) is 0 Å². The van der Waals surface area contributed by atoms with Gasteiger partial charge in [0.2, 0.25) is 0 Å². The number of aromatic carboxylic acids is 1. The van der Waals surface area contributed by atoms with E-state index in [-0.39, 0.29) is 36.6 Å². The summed E-state index contributed by atoms with van der Waals surface area (Å²) in [7, 11) is -0.372. The summed E-state index contributed by atoms with van der Waals surface area (Å²) in [4.78, 5) is 51.3. The number of Topliss-reactive ketones (excluding diaryl/α,β-unsaturated/α-hetero) is 1. The van der Waals surface area contributed by atoms with Crippen LogP contribution in [0, 0.1) is 87.5 Å². The van der Waals surface area contributed by atoms with Crippen LogP contribution >= 0.6 is 15.9 Å². The fourth-order valence-corrected chi connectivity index (χ4v) is 14.2. The zero-order valence-electron chi connectivity index (χ0n) is 74.3. The number of phenols is 1. The highest BCUT2D eigenvalue weighted by atomic mass is 79.9. The molecule has 1 atom stereocenters. The molecule has 1 aliphatic rings. The van der Waals surface area contributed by atoms with Gasteiger partial charge in [-0.15, -0.1) is 6.42 Å². The first-order valence-corrected chi connectivity index (χ1v) is 42.7. The summed E-state index contributed by atoms with van der Waals surface area (Å²) in [5, 5.41) is 21.0. The van der Waals surface area contributed by atoms with Crippen LogP contribution in [0.3, 0.4) is 0 Å². The van der Waals surface area contributed by atoms with Gasteiger partial charge in [0.25, 0.3) is 5.91 Å². The summed E-state index contributed by atoms with van der Waals surface area (Å²) < 4.78 is 28.8. The number of hydrogen-bond acceptors (Lipinski definition) is 11. The highest BCUT2D eigenvalue weighted by molar-refractivity contribution is 9.10. The van der Waals surface area contributed by atoms with Gasteiger partial charge in [0.05, 0.1) is 49.6 Å². The van der Waals surface area contributed by atoms with Gasteiger partial charge in [-0.25, -0.2) is 24.7 Å². The van der Waals surface area contributed by atoms with Crippen LogP contribution in [0.2, 0.25) is 0 Å². The molecule has 638 valence electrons. The second-order valence-electron chi connectivity index (χ2n) is 32.7. The van der Waals surface area contributed by atoms with E-state index in [0.29, 0.717) is 48.9 Å². The monoisotopic (exact) mass is 1720 g/mol. The maximum absolute atomic E-state index is 11.3. The van der Waals surface area contributed by atoms with Crippen molar-refractivity contribution in [3.8, 4) is 69.4 Å². The molecule has 1 aliphatic heterocycles. The molecule has 17 nitrogen and oxygen atoms in total. The second kappa shape index (κ2) is 44.4. The van der Waals surface area contributed by atoms with E-state index in [1.165, 1.54) is 39.1 Å². The molecule has 4 aromatic heterocycles. The number of para-hydroxylation sites is 2.